The van der Waals surface area contributed by atoms with Crippen LogP contribution in [-0.4, -0.2) is 29.1 Å². The predicted octanol–water partition coefficient (Wildman–Crippen LogP) is 3.21. The number of carboxylic acids is 1. The number of piperidine rings is 1. The van der Waals surface area contributed by atoms with Gasteiger partial charge < -0.3 is 5.11 Å². The van der Waals surface area contributed by atoms with Crippen LogP contribution >= 0.6 is 0 Å². The number of aliphatic carboxylic acids is 1. The molecule has 0 aliphatic carbocycles. The van der Waals surface area contributed by atoms with Crippen LogP contribution < -0.4 is 0 Å². The Kier molecular flexibility index (Phi) is 4.09. The fraction of sp³-hybridized carbons (Fsp3) is 0.533. The molecule has 1 aromatic carbocycles. The van der Waals surface area contributed by atoms with Crippen LogP contribution in [-0.2, 0) is 4.79 Å². The minimum Gasteiger partial charge on any atom is -0.481 e. The summed E-state index contributed by atoms with van der Waals surface area (Å²) in [5.74, 6) is -1.91. The van der Waals surface area contributed by atoms with Gasteiger partial charge in [0.1, 0.15) is 11.6 Å². The topological polar surface area (TPSA) is 40.5 Å². The van der Waals surface area contributed by atoms with E-state index in [0.29, 0.717) is 25.9 Å². The third kappa shape index (κ3) is 2.68. The van der Waals surface area contributed by atoms with Crippen molar-refractivity contribution in [3.05, 3.63) is 35.4 Å². The average molecular weight is 283 g/mol. The fourth-order valence-electron chi connectivity index (χ4n) is 2.71. The van der Waals surface area contributed by atoms with Gasteiger partial charge in [-0.1, -0.05) is 6.07 Å². The lowest BCUT2D eigenvalue weighted by molar-refractivity contribution is -0.151. The molecular weight excluding hydrogens is 264 g/mol. The molecule has 0 spiro atoms. The van der Waals surface area contributed by atoms with Crippen LogP contribution in [0.5, 0.6) is 0 Å². The average Bonchev–Trinajstić information content (AvgIpc) is 2.39. The highest BCUT2D eigenvalue weighted by Crippen LogP contribution is 2.35. The van der Waals surface area contributed by atoms with Crippen LogP contribution in [0.3, 0.4) is 0 Å². The number of hydrogen-bond acceptors (Lipinski definition) is 2. The summed E-state index contributed by atoms with van der Waals surface area (Å²) in [4.78, 5) is 13.1. The third-order valence-corrected chi connectivity index (χ3v) is 4.38. The molecule has 1 N–H and O–H groups in total. The molecule has 5 heteroatoms. The second-order valence-electron chi connectivity index (χ2n) is 5.71. The molecular formula is C15H19F2NO2. The molecule has 1 fully saturated rings. The number of carboxylic acid groups (broad SMARTS) is 1. The Hall–Kier alpha value is -1.49. The molecule has 20 heavy (non-hydrogen) atoms. The summed E-state index contributed by atoms with van der Waals surface area (Å²) < 4.78 is 27.6. The van der Waals surface area contributed by atoms with Crippen LogP contribution in [0.1, 0.15) is 38.3 Å². The lowest BCUT2D eigenvalue weighted by atomic mass is 9.80. The smallest absolute Gasteiger partial charge is 0.309 e. The van der Waals surface area contributed by atoms with Crippen LogP contribution in [0.15, 0.2) is 18.2 Å². The minimum atomic E-state index is -0.804. The van der Waals surface area contributed by atoms with E-state index < -0.39 is 29.1 Å². The molecule has 0 radical (unpaired) electrons. The minimum absolute atomic E-state index is 0.0615. The highest BCUT2D eigenvalue weighted by Gasteiger charge is 2.38. The van der Waals surface area contributed by atoms with Crippen molar-refractivity contribution in [2.24, 2.45) is 5.41 Å². The highest BCUT2D eigenvalue weighted by molar-refractivity contribution is 5.74. The Morgan fingerprint density at radius 1 is 1.30 bits per heavy atom. The summed E-state index contributed by atoms with van der Waals surface area (Å²) in [5, 5.41) is 9.19. The lowest BCUT2D eigenvalue weighted by Crippen LogP contribution is -2.43. The second kappa shape index (κ2) is 5.48. The quantitative estimate of drug-likeness (QED) is 0.926. The first-order valence-electron chi connectivity index (χ1n) is 6.76. The molecule has 1 unspecified atom stereocenters. The number of nitrogens with zero attached hydrogens (tertiary/aromatic N) is 1. The van der Waals surface area contributed by atoms with Crippen LogP contribution in [0.4, 0.5) is 8.78 Å². The van der Waals surface area contributed by atoms with Gasteiger partial charge in [0, 0.05) is 11.6 Å². The standard InChI is InChI=1S/C15H19F2NO2/c1-10(13-11(16)4-3-5-12(13)17)18-8-6-15(2,7-9-18)14(19)20/h3-5,10H,6-9H2,1-2H3,(H,19,20). The van der Waals surface area contributed by atoms with Gasteiger partial charge in [0.25, 0.3) is 0 Å². The van der Waals surface area contributed by atoms with E-state index in [1.54, 1.807) is 13.8 Å². The van der Waals surface area contributed by atoms with E-state index in [-0.39, 0.29) is 5.56 Å². The first-order chi connectivity index (χ1) is 9.35. The molecule has 1 atom stereocenters. The van der Waals surface area contributed by atoms with Crippen molar-refractivity contribution < 1.29 is 18.7 Å². The van der Waals surface area contributed by atoms with Gasteiger partial charge in [0.05, 0.1) is 5.41 Å². The van der Waals surface area contributed by atoms with Gasteiger partial charge >= 0.3 is 5.97 Å². The summed E-state index contributed by atoms with van der Waals surface area (Å²) in [6, 6.07) is 3.45. The molecule has 1 saturated heterocycles. The molecule has 2 rings (SSSR count). The van der Waals surface area contributed by atoms with Crippen LogP contribution in [0, 0.1) is 17.0 Å². The monoisotopic (exact) mass is 283 g/mol. The largest absolute Gasteiger partial charge is 0.481 e. The van der Waals surface area contributed by atoms with E-state index in [4.69, 9.17) is 0 Å². The molecule has 0 bridgehead atoms. The molecule has 0 aromatic heterocycles. The van der Waals surface area contributed by atoms with Crippen molar-refractivity contribution in [3.63, 3.8) is 0 Å². The van der Waals surface area contributed by atoms with Gasteiger partial charge in [0.2, 0.25) is 0 Å². The SMILES string of the molecule is CC(c1c(F)cccc1F)N1CCC(C)(C(=O)O)CC1. The Labute approximate surface area is 117 Å². The van der Waals surface area contributed by atoms with Gasteiger partial charge in [-0.3, -0.25) is 9.69 Å². The van der Waals surface area contributed by atoms with Gasteiger partial charge in [-0.2, -0.15) is 0 Å². The zero-order valence-electron chi connectivity index (χ0n) is 11.7. The zero-order valence-corrected chi connectivity index (χ0v) is 11.7. The first kappa shape index (κ1) is 14.9. The van der Waals surface area contributed by atoms with E-state index in [9.17, 15) is 18.7 Å². The van der Waals surface area contributed by atoms with Gasteiger partial charge in [-0.05, 0) is 51.9 Å². The van der Waals surface area contributed by atoms with E-state index >= 15 is 0 Å². The summed E-state index contributed by atoms with van der Waals surface area (Å²) in [5.41, 5.74) is -0.671. The zero-order chi connectivity index (χ0) is 14.9. The molecule has 1 aliphatic heterocycles. The summed E-state index contributed by atoms with van der Waals surface area (Å²) in [6.07, 6.45) is 0.978. The molecule has 1 aliphatic rings. The van der Waals surface area contributed by atoms with Crippen LogP contribution in [0.2, 0.25) is 0 Å². The summed E-state index contributed by atoms with van der Waals surface area (Å²) in [7, 11) is 0. The number of likely N-dealkylation sites (tertiary alicyclic amines) is 1. The van der Waals surface area contributed by atoms with Gasteiger partial charge in [-0.25, -0.2) is 8.78 Å². The Morgan fingerprint density at radius 2 is 1.80 bits per heavy atom. The highest BCUT2D eigenvalue weighted by atomic mass is 19.1. The maximum atomic E-state index is 13.8. The maximum absolute atomic E-state index is 13.8. The number of hydrogen-bond donors (Lipinski definition) is 1. The van der Waals surface area contributed by atoms with Crippen molar-refractivity contribution >= 4 is 5.97 Å². The molecule has 0 saturated carbocycles. The molecule has 0 amide bonds. The van der Waals surface area contributed by atoms with Gasteiger partial charge in [0.15, 0.2) is 0 Å². The number of benzene rings is 1. The van der Waals surface area contributed by atoms with Crippen molar-refractivity contribution in [1.29, 1.82) is 0 Å². The van der Waals surface area contributed by atoms with Gasteiger partial charge in [-0.15, -0.1) is 0 Å². The Balaban J connectivity index is 2.13. The normalized spacial score (nSPS) is 20.6. The maximum Gasteiger partial charge on any atom is 0.309 e. The molecule has 3 nitrogen and oxygen atoms in total. The molecule has 1 heterocycles. The van der Waals surface area contributed by atoms with E-state index in [0.717, 1.165) is 0 Å². The summed E-state index contributed by atoms with van der Waals surface area (Å²) in [6.45, 7) is 4.53. The molecule has 1 aromatic rings. The van der Waals surface area contributed by atoms with E-state index in [1.807, 2.05) is 4.90 Å². The van der Waals surface area contributed by atoms with Crippen molar-refractivity contribution in [1.82, 2.24) is 4.90 Å². The van der Waals surface area contributed by atoms with Crippen molar-refractivity contribution in [2.45, 2.75) is 32.7 Å². The number of halogens is 2. The first-order valence-corrected chi connectivity index (χ1v) is 6.76. The lowest BCUT2D eigenvalue weighted by Gasteiger charge is -2.39. The fourth-order valence-corrected chi connectivity index (χ4v) is 2.71. The number of carbonyl (C=O) groups is 1. The Bertz CT molecular complexity index is 490. The van der Waals surface area contributed by atoms with Crippen molar-refractivity contribution in [3.8, 4) is 0 Å². The molecule has 110 valence electrons. The Morgan fingerprint density at radius 3 is 2.25 bits per heavy atom. The van der Waals surface area contributed by atoms with Crippen LogP contribution in [0.25, 0.3) is 0 Å². The van der Waals surface area contributed by atoms with E-state index in [2.05, 4.69) is 0 Å². The van der Waals surface area contributed by atoms with E-state index in [1.165, 1.54) is 18.2 Å². The summed E-state index contributed by atoms with van der Waals surface area (Å²) >= 11 is 0. The number of rotatable bonds is 3. The van der Waals surface area contributed by atoms with Crippen molar-refractivity contribution in [2.75, 3.05) is 13.1 Å². The predicted molar refractivity (Wildman–Crippen MR) is 71.3 cm³/mol. The third-order valence-electron chi connectivity index (χ3n) is 4.38. The second-order valence-corrected chi connectivity index (χ2v) is 5.71.